The van der Waals surface area contributed by atoms with Gasteiger partial charge in [-0.2, -0.15) is 0 Å². The smallest absolute Gasteiger partial charge is 0.338 e. The number of rotatable bonds is 6. The van der Waals surface area contributed by atoms with Crippen LogP contribution < -0.4 is 11.1 Å². The second-order valence-corrected chi connectivity index (χ2v) is 4.35. The quantitative estimate of drug-likeness (QED) is 0.471. The molecule has 1 rings (SSSR count). The van der Waals surface area contributed by atoms with Gasteiger partial charge in [0.2, 0.25) is 0 Å². The van der Waals surface area contributed by atoms with Gasteiger partial charge in [-0.05, 0) is 42.9 Å². The maximum atomic E-state index is 11.6. The van der Waals surface area contributed by atoms with Crippen LogP contribution >= 0.6 is 12.2 Å². The number of benzene rings is 1. The Kier molecular flexibility index (Phi) is 6.14. The summed E-state index contributed by atoms with van der Waals surface area (Å²) in [5.74, 6) is -0.298. The zero-order valence-corrected chi connectivity index (χ0v) is 11.3. The minimum absolute atomic E-state index is 0.199. The minimum Gasteiger partial charge on any atom is -0.462 e. The van der Waals surface area contributed by atoms with E-state index in [2.05, 4.69) is 12.2 Å². The van der Waals surface area contributed by atoms with Crippen molar-refractivity contribution < 1.29 is 9.53 Å². The van der Waals surface area contributed by atoms with E-state index in [1.54, 1.807) is 24.3 Å². The average molecular weight is 266 g/mol. The Hall–Kier alpha value is -1.62. The Bertz CT molecular complexity index is 404. The number of unbranched alkanes of at least 4 members (excludes halogenated alkanes) is 2. The highest BCUT2D eigenvalue weighted by molar-refractivity contribution is 7.80. The molecule has 0 aliphatic rings. The molecule has 0 saturated heterocycles. The number of hydrogen-bond donors (Lipinski definition) is 2. The van der Waals surface area contributed by atoms with Crippen molar-refractivity contribution in [2.24, 2.45) is 5.73 Å². The highest BCUT2D eigenvalue weighted by Crippen LogP contribution is 2.10. The highest BCUT2D eigenvalue weighted by atomic mass is 32.1. The third-order valence-corrected chi connectivity index (χ3v) is 2.47. The Balaban J connectivity index is 2.46. The molecule has 1 aromatic carbocycles. The van der Waals surface area contributed by atoms with Crippen LogP contribution in [0.5, 0.6) is 0 Å². The zero-order chi connectivity index (χ0) is 13.4. The monoisotopic (exact) mass is 266 g/mol. The van der Waals surface area contributed by atoms with Crippen molar-refractivity contribution in [2.75, 3.05) is 11.9 Å². The van der Waals surface area contributed by atoms with E-state index in [9.17, 15) is 4.79 Å². The van der Waals surface area contributed by atoms with Crippen molar-refractivity contribution in [2.45, 2.75) is 26.2 Å². The zero-order valence-electron chi connectivity index (χ0n) is 10.4. The van der Waals surface area contributed by atoms with Crippen LogP contribution in [0.1, 0.15) is 36.5 Å². The molecule has 18 heavy (non-hydrogen) atoms. The minimum atomic E-state index is -0.298. The van der Waals surface area contributed by atoms with Gasteiger partial charge in [-0.25, -0.2) is 4.79 Å². The van der Waals surface area contributed by atoms with Gasteiger partial charge >= 0.3 is 5.97 Å². The van der Waals surface area contributed by atoms with Crippen molar-refractivity contribution in [3.8, 4) is 0 Å². The average Bonchev–Trinajstić information content (AvgIpc) is 2.34. The van der Waals surface area contributed by atoms with E-state index in [-0.39, 0.29) is 11.1 Å². The lowest BCUT2D eigenvalue weighted by molar-refractivity contribution is 0.0498. The van der Waals surface area contributed by atoms with Crippen molar-refractivity contribution in [3.05, 3.63) is 29.8 Å². The molecule has 0 aliphatic heterocycles. The molecule has 0 bridgehead atoms. The van der Waals surface area contributed by atoms with Crippen LogP contribution in [-0.2, 0) is 4.74 Å². The molecule has 1 aromatic rings. The molecule has 0 heterocycles. The molecule has 0 fully saturated rings. The maximum Gasteiger partial charge on any atom is 0.338 e. The molecule has 0 radical (unpaired) electrons. The van der Waals surface area contributed by atoms with Gasteiger partial charge in [-0.15, -0.1) is 0 Å². The molecule has 0 amide bonds. The summed E-state index contributed by atoms with van der Waals surface area (Å²) in [6.45, 7) is 2.58. The van der Waals surface area contributed by atoms with E-state index in [4.69, 9.17) is 22.7 Å². The van der Waals surface area contributed by atoms with E-state index < -0.39 is 0 Å². The first-order valence-electron chi connectivity index (χ1n) is 5.97. The summed E-state index contributed by atoms with van der Waals surface area (Å²) in [5, 5.41) is 2.99. The van der Waals surface area contributed by atoms with E-state index in [0.717, 1.165) is 24.9 Å². The molecule has 0 saturated carbocycles. The third-order valence-electron chi connectivity index (χ3n) is 2.37. The lowest BCUT2D eigenvalue weighted by Gasteiger charge is -2.06. The van der Waals surface area contributed by atoms with E-state index in [1.807, 2.05) is 0 Å². The van der Waals surface area contributed by atoms with Crippen molar-refractivity contribution in [1.29, 1.82) is 0 Å². The van der Waals surface area contributed by atoms with Crippen LogP contribution in [0.4, 0.5) is 5.69 Å². The first kappa shape index (κ1) is 14.4. The van der Waals surface area contributed by atoms with Crippen LogP contribution in [0.2, 0.25) is 0 Å². The Morgan fingerprint density at radius 3 is 2.56 bits per heavy atom. The Labute approximate surface area is 113 Å². The van der Waals surface area contributed by atoms with Gasteiger partial charge in [0.25, 0.3) is 0 Å². The largest absolute Gasteiger partial charge is 0.462 e. The molecule has 0 atom stereocenters. The van der Waals surface area contributed by atoms with E-state index >= 15 is 0 Å². The number of hydrogen-bond acceptors (Lipinski definition) is 3. The molecule has 5 heteroatoms. The van der Waals surface area contributed by atoms with Crippen molar-refractivity contribution in [3.63, 3.8) is 0 Å². The fraction of sp³-hybridized carbons (Fsp3) is 0.385. The summed E-state index contributed by atoms with van der Waals surface area (Å²) >= 11 is 4.72. The number of anilines is 1. The molecular weight excluding hydrogens is 248 g/mol. The Morgan fingerprint density at radius 2 is 2.00 bits per heavy atom. The number of nitrogens with two attached hydrogens (primary N) is 1. The third kappa shape index (κ3) is 5.14. The lowest BCUT2D eigenvalue weighted by Crippen LogP contribution is -2.18. The highest BCUT2D eigenvalue weighted by Gasteiger charge is 2.06. The van der Waals surface area contributed by atoms with Gasteiger partial charge < -0.3 is 15.8 Å². The summed E-state index contributed by atoms with van der Waals surface area (Å²) in [6.07, 6.45) is 3.09. The fourth-order valence-corrected chi connectivity index (χ4v) is 1.55. The summed E-state index contributed by atoms with van der Waals surface area (Å²) in [6, 6.07) is 6.84. The first-order chi connectivity index (χ1) is 8.63. The van der Waals surface area contributed by atoms with E-state index in [0.29, 0.717) is 12.2 Å². The number of nitrogens with one attached hydrogen (secondary N) is 1. The lowest BCUT2D eigenvalue weighted by atomic mass is 10.2. The second-order valence-electron chi connectivity index (χ2n) is 3.91. The summed E-state index contributed by atoms with van der Waals surface area (Å²) in [7, 11) is 0. The fourth-order valence-electron chi connectivity index (χ4n) is 1.43. The molecule has 0 unspecified atom stereocenters. The SMILES string of the molecule is CCCCCOC(=O)c1ccc(NC(N)=S)cc1. The standard InChI is InChI=1S/C13H18N2O2S/c1-2-3-4-9-17-12(16)10-5-7-11(8-6-10)15-13(14)18/h5-8H,2-4,9H2,1H3,(H3,14,15,18). The van der Waals surface area contributed by atoms with Gasteiger partial charge in [0.05, 0.1) is 12.2 Å². The van der Waals surface area contributed by atoms with Crippen LogP contribution in [0, 0.1) is 0 Å². The van der Waals surface area contributed by atoms with Crippen LogP contribution in [-0.4, -0.2) is 17.7 Å². The number of carbonyl (C=O) groups excluding carboxylic acids is 1. The normalized spacial score (nSPS) is 9.83. The first-order valence-corrected chi connectivity index (χ1v) is 6.38. The van der Waals surface area contributed by atoms with Crippen molar-refractivity contribution >= 4 is 29.0 Å². The molecule has 0 aliphatic carbocycles. The number of ether oxygens (including phenoxy) is 1. The van der Waals surface area contributed by atoms with Gasteiger partial charge in [0, 0.05) is 5.69 Å². The van der Waals surface area contributed by atoms with Gasteiger partial charge in [0.1, 0.15) is 0 Å². The molecule has 3 N–H and O–H groups in total. The molecular formula is C13H18N2O2S. The van der Waals surface area contributed by atoms with Crippen LogP contribution in [0.3, 0.4) is 0 Å². The van der Waals surface area contributed by atoms with Crippen LogP contribution in [0.15, 0.2) is 24.3 Å². The van der Waals surface area contributed by atoms with Crippen molar-refractivity contribution in [1.82, 2.24) is 0 Å². The number of esters is 1. The molecule has 4 nitrogen and oxygen atoms in total. The number of thiocarbonyl (C=S) groups is 1. The van der Waals surface area contributed by atoms with Crippen LogP contribution in [0.25, 0.3) is 0 Å². The molecule has 98 valence electrons. The summed E-state index contributed by atoms with van der Waals surface area (Å²) in [5.41, 5.74) is 6.63. The molecule has 0 spiro atoms. The predicted molar refractivity (Wildman–Crippen MR) is 76.7 cm³/mol. The Morgan fingerprint density at radius 1 is 1.33 bits per heavy atom. The van der Waals surface area contributed by atoms with E-state index in [1.165, 1.54) is 0 Å². The van der Waals surface area contributed by atoms with Gasteiger partial charge in [-0.3, -0.25) is 0 Å². The summed E-state index contributed by atoms with van der Waals surface area (Å²) in [4.78, 5) is 11.6. The number of carbonyl (C=O) groups is 1. The second kappa shape index (κ2) is 7.66. The topological polar surface area (TPSA) is 64.3 Å². The summed E-state index contributed by atoms with van der Waals surface area (Å²) < 4.78 is 5.14. The maximum absolute atomic E-state index is 11.6. The van der Waals surface area contributed by atoms with Gasteiger partial charge in [0.15, 0.2) is 5.11 Å². The van der Waals surface area contributed by atoms with Gasteiger partial charge in [-0.1, -0.05) is 19.8 Å². The molecule has 0 aromatic heterocycles. The predicted octanol–water partition coefficient (Wildman–Crippen LogP) is 2.69.